The van der Waals surface area contributed by atoms with Crippen LogP contribution in [0.3, 0.4) is 0 Å². The lowest BCUT2D eigenvalue weighted by Crippen LogP contribution is -2.00. The van der Waals surface area contributed by atoms with Crippen molar-refractivity contribution >= 4 is 97.2 Å². The van der Waals surface area contributed by atoms with Gasteiger partial charge in [-0.2, -0.15) is 0 Å². The van der Waals surface area contributed by atoms with Gasteiger partial charge in [0.15, 0.2) is 17.5 Å². The Hall–Kier alpha value is -7.61. The van der Waals surface area contributed by atoms with Gasteiger partial charge in [0.2, 0.25) is 0 Å². The molecule has 6 nitrogen and oxygen atoms in total. The summed E-state index contributed by atoms with van der Waals surface area (Å²) >= 11 is 1.87. The normalized spacial score (nSPS) is 12.1. The number of hydrogen-bond acceptors (Lipinski definition) is 6. The molecule has 5 aromatic heterocycles. The summed E-state index contributed by atoms with van der Waals surface area (Å²) in [5.41, 5.74) is 9.24. The van der Waals surface area contributed by atoms with Crippen molar-refractivity contribution in [3.05, 3.63) is 170 Å². The van der Waals surface area contributed by atoms with Gasteiger partial charge in [-0.3, -0.25) is 0 Å². The Morgan fingerprint density at radius 3 is 1.88 bits per heavy atom. The van der Waals surface area contributed by atoms with Gasteiger partial charge in [0.1, 0.15) is 22.3 Å². The van der Waals surface area contributed by atoms with Crippen LogP contribution in [-0.4, -0.2) is 19.5 Å². The number of para-hydroxylation sites is 1. The van der Waals surface area contributed by atoms with Crippen LogP contribution >= 0.6 is 11.3 Å². The smallest absolute Gasteiger partial charge is 0.164 e. The third-order valence-corrected chi connectivity index (χ3v) is 12.7. The molecule has 8 aromatic carbocycles. The van der Waals surface area contributed by atoms with Gasteiger partial charge in [-0.05, 0) is 48.5 Å². The first kappa shape index (κ1) is 31.6. The number of thiophene rings is 1. The molecule has 0 saturated heterocycles. The van der Waals surface area contributed by atoms with Crippen LogP contribution in [0.15, 0.2) is 179 Å². The molecule has 0 saturated carbocycles. The van der Waals surface area contributed by atoms with Crippen molar-refractivity contribution < 1.29 is 8.83 Å². The maximum atomic E-state index is 6.55. The molecule has 5 heterocycles. The largest absolute Gasteiger partial charge is 0.456 e. The summed E-state index contributed by atoms with van der Waals surface area (Å²) in [4.78, 5) is 15.1. The van der Waals surface area contributed by atoms with E-state index in [4.69, 9.17) is 23.8 Å². The predicted molar refractivity (Wildman–Crippen MR) is 238 cm³/mol. The molecule has 0 atom stereocenters. The van der Waals surface area contributed by atoms with E-state index in [1.165, 1.54) is 42.0 Å². The van der Waals surface area contributed by atoms with E-state index >= 15 is 0 Å². The number of aromatic nitrogens is 4. The second-order valence-corrected chi connectivity index (χ2v) is 15.8. The fourth-order valence-corrected chi connectivity index (χ4v) is 10.1. The van der Waals surface area contributed by atoms with Gasteiger partial charge in [0, 0.05) is 80.9 Å². The van der Waals surface area contributed by atoms with Crippen LogP contribution in [0.25, 0.3) is 126 Å². The molecule has 13 rings (SSSR count). The topological polar surface area (TPSA) is 69.9 Å². The summed E-state index contributed by atoms with van der Waals surface area (Å²) in [6, 6.07) is 59.0. The molecule has 7 heteroatoms. The van der Waals surface area contributed by atoms with Gasteiger partial charge in [-0.15, -0.1) is 11.3 Å². The second kappa shape index (κ2) is 11.9. The van der Waals surface area contributed by atoms with Crippen LogP contribution in [-0.2, 0) is 0 Å². The highest BCUT2D eigenvalue weighted by Gasteiger charge is 2.22. The van der Waals surface area contributed by atoms with Crippen LogP contribution in [0.1, 0.15) is 0 Å². The van der Waals surface area contributed by atoms with Crippen LogP contribution in [0.4, 0.5) is 0 Å². The van der Waals surface area contributed by atoms with Gasteiger partial charge in [-0.1, -0.05) is 115 Å². The Kier molecular flexibility index (Phi) is 6.50. The summed E-state index contributed by atoms with van der Waals surface area (Å²) < 4.78 is 18.1. The van der Waals surface area contributed by atoms with E-state index in [2.05, 4.69) is 95.6 Å². The van der Waals surface area contributed by atoms with Crippen molar-refractivity contribution in [2.75, 3.05) is 0 Å². The lowest BCUT2D eigenvalue weighted by molar-refractivity contribution is 0.656. The quantitative estimate of drug-likeness (QED) is 0.179. The highest BCUT2D eigenvalue weighted by molar-refractivity contribution is 7.26. The van der Waals surface area contributed by atoms with Crippen LogP contribution in [0, 0.1) is 0 Å². The Labute approximate surface area is 333 Å². The summed E-state index contributed by atoms with van der Waals surface area (Å²) in [6.07, 6.45) is 0. The fourth-order valence-electron chi connectivity index (χ4n) is 8.85. The first-order valence-corrected chi connectivity index (χ1v) is 20.1. The Bertz CT molecular complexity index is 3740. The predicted octanol–water partition coefficient (Wildman–Crippen LogP) is 14.1. The lowest BCUT2D eigenvalue weighted by Gasteiger charge is -2.09. The first-order chi connectivity index (χ1) is 28.7. The van der Waals surface area contributed by atoms with Crippen LogP contribution in [0.2, 0.25) is 0 Å². The standard InChI is InChI=1S/C51H28N4O2S/c1-3-12-29(13-4-1)49-52-50(30-14-5-2-6-15-30)54-51(53-49)35-18-11-20-42-46(35)38-27-37-36-26-31(22-25-41(36)56-43(37)28-44(38)57-42)55-39-19-9-7-17-34(39)47-40(55)24-23-33-32-16-8-10-21-45(32)58-48(33)47/h1-28H. The number of rotatable bonds is 4. The molecule has 270 valence electrons. The highest BCUT2D eigenvalue weighted by Crippen LogP contribution is 2.45. The van der Waals surface area contributed by atoms with Crippen molar-refractivity contribution in [2.45, 2.75) is 0 Å². The number of hydrogen-bond donors (Lipinski definition) is 0. The van der Waals surface area contributed by atoms with E-state index < -0.39 is 0 Å². The van der Waals surface area contributed by atoms with Gasteiger partial charge in [0.05, 0.1) is 11.0 Å². The van der Waals surface area contributed by atoms with Gasteiger partial charge in [0.25, 0.3) is 0 Å². The zero-order valence-corrected chi connectivity index (χ0v) is 31.5. The molecule has 0 unspecified atom stereocenters. The Balaban J connectivity index is 1.03. The molecular weight excluding hydrogens is 733 g/mol. The fraction of sp³-hybridized carbons (Fsp3) is 0. The van der Waals surface area contributed by atoms with E-state index in [9.17, 15) is 0 Å². The van der Waals surface area contributed by atoms with Crippen molar-refractivity contribution in [3.8, 4) is 39.9 Å². The minimum absolute atomic E-state index is 0.583. The molecule has 0 N–H and O–H groups in total. The number of nitrogens with zero attached hydrogens (tertiary/aromatic N) is 4. The summed E-state index contributed by atoms with van der Waals surface area (Å²) in [7, 11) is 0. The van der Waals surface area contributed by atoms with Crippen molar-refractivity contribution in [2.24, 2.45) is 0 Å². The van der Waals surface area contributed by atoms with Gasteiger partial charge < -0.3 is 13.4 Å². The first-order valence-electron chi connectivity index (χ1n) is 19.3. The molecule has 58 heavy (non-hydrogen) atoms. The SMILES string of the molecule is c1ccc(-c2nc(-c3ccccc3)nc(-c3cccc4oc5cc6oc7ccc(-n8c9ccccc9c9c%10sc%11ccccc%11c%10ccc98)cc7c6cc5c34)n2)cc1. The number of furan rings is 2. The van der Waals surface area contributed by atoms with E-state index in [0.29, 0.717) is 17.5 Å². The van der Waals surface area contributed by atoms with Crippen molar-refractivity contribution in [3.63, 3.8) is 0 Å². The highest BCUT2D eigenvalue weighted by atomic mass is 32.1. The molecule has 0 fully saturated rings. The van der Waals surface area contributed by atoms with E-state index in [-0.39, 0.29) is 0 Å². The van der Waals surface area contributed by atoms with E-state index in [1.807, 2.05) is 90.2 Å². The molecule has 0 amide bonds. The average Bonchev–Trinajstić information content (AvgIpc) is 4.04. The maximum Gasteiger partial charge on any atom is 0.164 e. The summed E-state index contributed by atoms with van der Waals surface area (Å²) in [5, 5.41) is 9.10. The minimum atomic E-state index is 0.583. The Morgan fingerprint density at radius 1 is 0.397 bits per heavy atom. The number of fused-ring (bicyclic) bond motifs is 13. The molecule has 0 spiro atoms. The van der Waals surface area contributed by atoms with Crippen molar-refractivity contribution in [1.29, 1.82) is 0 Å². The van der Waals surface area contributed by atoms with Crippen molar-refractivity contribution in [1.82, 2.24) is 19.5 Å². The Morgan fingerprint density at radius 2 is 1.07 bits per heavy atom. The molecular formula is C51H28N4O2S. The molecule has 0 bridgehead atoms. The zero-order valence-electron chi connectivity index (χ0n) is 30.7. The summed E-state index contributed by atoms with van der Waals surface area (Å²) in [5.74, 6) is 1.81. The molecule has 0 aliphatic heterocycles. The van der Waals surface area contributed by atoms with E-state index in [0.717, 1.165) is 66.3 Å². The third-order valence-electron chi connectivity index (χ3n) is 11.4. The van der Waals surface area contributed by atoms with Crippen LogP contribution < -0.4 is 0 Å². The lowest BCUT2D eigenvalue weighted by atomic mass is 10.0. The molecule has 0 radical (unpaired) electrons. The maximum absolute atomic E-state index is 6.55. The minimum Gasteiger partial charge on any atom is -0.456 e. The molecule has 0 aliphatic carbocycles. The average molecular weight is 761 g/mol. The zero-order chi connectivity index (χ0) is 37.9. The third kappa shape index (κ3) is 4.56. The second-order valence-electron chi connectivity index (χ2n) is 14.7. The number of benzene rings is 8. The van der Waals surface area contributed by atoms with Gasteiger partial charge >= 0.3 is 0 Å². The summed E-state index contributed by atoms with van der Waals surface area (Å²) in [6.45, 7) is 0. The molecule has 0 aliphatic rings. The molecule has 13 aromatic rings. The monoisotopic (exact) mass is 760 g/mol. The van der Waals surface area contributed by atoms with Gasteiger partial charge in [-0.25, -0.2) is 15.0 Å². The van der Waals surface area contributed by atoms with Crippen LogP contribution in [0.5, 0.6) is 0 Å². The van der Waals surface area contributed by atoms with E-state index in [1.54, 1.807) is 0 Å².